The van der Waals surface area contributed by atoms with Crippen LogP contribution in [-0.2, 0) is 4.79 Å². The average molecular weight is 466 g/mol. The Hall–Kier alpha value is -3.07. The maximum absolute atomic E-state index is 12.9. The Kier molecular flexibility index (Phi) is 6.22. The normalized spacial score (nSPS) is 16.0. The van der Waals surface area contributed by atoms with Crippen LogP contribution in [0.25, 0.3) is 11.4 Å². The molecule has 1 fully saturated rings. The third kappa shape index (κ3) is 4.83. The van der Waals surface area contributed by atoms with E-state index in [1.54, 1.807) is 12.4 Å². The maximum Gasteiger partial charge on any atom is 0.230 e. The Bertz CT molecular complexity index is 1130. The summed E-state index contributed by atoms with van der Waals surface area (Å²) in [5.41, 5.74) is 1.94. The first-order valence-electron chi connectivity index (χ1n) is 11.3. The van der Waals surface area contributed by atoms with Crippen molar-refractivity contribution in [3.8, 4) is 22.9 Å². The van der Waals surface area contributed by atoms with Gasteiger partial charge in [0.15, 0.2) is 22.5 Å². The van der Waals surface area contributed by atoms with Crippen molar-refractivity contribution in [2.75, 3.05) is 19.0 Å². The minimum absolute atomic E-state index is 0.0399. The second-order valence-corrected chi connectivity index (χ2v) is 9.57. The number of aromatic nitrogens is 4. The summed E-state index contributed by atoms with van der Waals surface area (Å²) in [4.78, 5) is 17.1. The molecule has 3 aromatic rings. The molecule has 1 amide bonds. The van der Waals surface area contributed by atoms with Crippen LogP contribution in [0.2, 0.25) is 0 Å². The van der Waals surface area contributed by atoms with Crippen LogP contribution in [0.5, 0.6) is 11.5 Å². The highest BCUT2D eigenvalue weighted by molar-refractivity contribution is 7.99. The first-order valence-corrected chi connectivity index (χ1v) is 12.3. The Morgan fingerprint density at radius 3 is 2.73 bits per heavy atom. The predicted molar refractivity (Wildman–Crippen MR) is 125 cm³/mol. The van der Waals surface area contributed by atoms with Crippen molar-refractivity contribution in [3.63, 3.8) is 0 Å². The van der Waals surface area contributed by atoms with Gasteiger partial charge in [-0.15, -0.1) is 10.2 Å². The van der Waals surface area contributed by atoms with E-state index in [2.05, 4.69) is 38.9 Å². The molecule has 0 saturated heterocycles. The molecule has 1 aliphatic heterocycles. The van der Waals surface area contributed by atoms with E-state index < -0.39 is 0 Å². The van der Waals surface area contributed by atoms with Crippen molar-refractivity contribution in [3.05, 3.63) is 48.3 Å². The van der Waals surface area contributed by atoms with Crippen molar-refractivity contribution in [2.24, 2.45) is 5.92 Å². The first-order chi connectivity index (χ1) is 16.1. The molecule has 172 valence electrons. The summed E-state index contributed by atoms with van der Waals surface area (Å²) in [5, 5.41) is 12.7. The van der Waals surface area contributed by atoms with Gasteiger partial charge in [-0.25, -0.2) is 0 Å². The molecule has 5 rings (SSSR count). The fourth-order valence-corrected chi connectivity index (χ4v) is 4.78. The van der Waals surface area contributed by atoms with Crippen molar-refractivity contribution < 1.29 is 14.3 Å². The molecule has 1 atom stereocenters. The predicted octanol–water partition coefficient (Wildman–Crippen LogP) is 4.05. The lowest BCUT2D eigenvalue weighted by atomic mass is 9.95. The summed E-state index contributed by atoms with van der Waals surface area (Å²) in [7, 11) is 0. The van der Waals surface area contributed by atoms with Crippen molar-refractivity contribution in [1.82, 2.24) is 25.1 Å². The van der Waals surface area contributed by atoms with Crippen molar-refractivity contribution in [1.29, 1.82) is 0 Å². The van der Waals surface area contributed by atoms with Crippen LogP contribution in [0.1, 0.15) is 44.3 Å². The molecular formula is C24H27N5O3S. The molecule has 9 heteroatoms. The van der Waals surface area contributed by atoms with Crippen LogP contribution in [0.4, 0.5) is 0 Å². The van der Waals surface area contributed by atoms with E-state index in [1.165, 1.54) is 11.8 Å². The molecule has 2 aliphatic rings. The Labute approximate surface area is 197 Å². The van der Waals surface area contributed by atoms with E-state index in [9.17, 15) is 4.79 Å². The highest BCUT2D eigenvalue weighted by Gasteiger charge is 2.30. The second kappa shape index (κ2) is 9.43. The van der Waals surface area contributed by atoms with Crippen molar-refractivity contribution in [2.45, 2.75) is 43.9 Å². The van der Waals surface area contributed by atoms with E-state index in [0.29, 0.717) is 19.3 Å². The molecule has 1 N–H and O–H groups in total. The van der Waals surface area contributed by atoms with Gasteiger partial charge in [-0.3, -0.25) is 14.3 Å². The van der Waals surface area contributed by atoms with Gasteiger partial charge in [0, 0.05) is 24.0 Å². The lowest BCUT2D eigenvalue weighted by Crippen LogP contribution is -2.33. The third-order valence-electron chi connectivity index (χ3n) is 5.74. The highest BCUT2D eigenvalue weighted by Crippen LogP contribution is 2.41. The van der Waals surface area contributed by atoms with E-state index in [1.807, 2.05) is 30.3 Å². The number of pyridine rings is 1. The molecule has 1 saturated carbocycles. The topological polar surface area (TPSA) is 91.2 Å². The molecule has 0 spiro atoms. The van der Waals surface area contributed by atoms with E-state index in [4.69, 9.17) is 9.47 Å². The number of amides is 1. The number of hydrogen-bond donors (Lipinski definition) is 1. The molecule has 8 nitrogen and oxygen atoms in total. The summed E-state index contributed by atoms with van der Waals surface area (Å²) in [6.07, 6.45) is 5.74. The minimum Gasteiger partial charge on any atom is -0.486 e. The Morgan fingerprint density at radius 2 is 2.00 bits per heavy atom. The van der Waals surface area contributed by atoms with Crippen LogP contribution >= 0.6 is 11.8 Å². The molecule has 0 radical (unpaired) electrons. The molecule has 0 bridgehead atoms. The lowest BCUT2D eigenvalue weighted by Gasteiger charge is -2.25. The molecule has 2 aromatic heterocycles. The Balaban J connectivity index is 1.28. The smallest absolute Gasteiger partial charge is 0.230 e. The first kappa shape index (κ1) is 21.8. The zero-order chi connectivity index (χ0) is 22.8. The monoisotopic (exact) mass is 465 g/mol. The van der Waals surface area contributed by atoms with Crippen LogP contribution in [-0.4, -0.2) is 44.6 Å². The average Bonchev–Trinajstić information content (AvgIpc) is 3.59. The van der Waals surface area contributed by atoms with Gasteiger partial charge in [0.1, 0.15) is 13.2 Å². The molecule has 33 heavy (non-hydrogen) atoms. The number of nitrogens with zero attached hydrogens (tertiary/aromatic N) is 4. The Morgan fingerprint density at radius 1 is 1.18 bits per heavy atom. The van der Waals surface area contributed by atoms with Gasteiger partial charge in [-0.2, -0.15) is 0 Å². The molecule has 3 heterocycles. The zero-order valence-corrected chi connectivity index (χ0v) is 19.5. The van der Waals surface area contributed by atoms with Gasteiger partial charge in [0.25, 0.3) is 0 Å². The van der Waals surface area contributed by atoms with Crippen molar-refractivity contribution >= 4 is 17.7 Å². The van der Waals surface area contributed by atoms with Gasteiger partial charge in [-0.05, 0) is 48.6 Å². The van der Waals surface area contributed by atoms with E-state index in [-0.39, 0.29) is 23.6 Å². The fraction of sp³-hybridized carbons (Fsp3) is 0.417. The van der Waals surface area contributed by atoms with Gasteiger partial charge in [0.05, 0.1) is 11.8 Å². The summed E-state index contributed by atoms with van der Waals surface area (Å²) in [6.45, 7) is 5.29. The summed E-state index contributed by atoms with van der Waals surface area (Å²) < 4.78 is 13.5. The van der Waals surface area contributed by atoms with Crippen LogP contribution in [0, 0.1) is 5.92 Å². The van der Waals surface area contributed by atoms with Gasteiger partial charge in [-0.1, -0.05) is 31.7 Å². The SMILES string of the molecule is CC(C)[C@H](NC(=O)CSc1nnc(-c2cccnc2)n1C1CC1)c1ccc2c(c1)OCCO2. The lowest BCUT2D eigenvalue weighted by molar-refractivity contribution is -0.119. The summed E-state index contributed by atoms with van der Waals surface area (Å²) >= 11 is 1.42. The molecule has 1 aromatic carbocycles. The van der Waals surface area contributed by atoms with Gasteiger partial charge >= 0.3 is 0 Å². The number of hydrogen-bond acceptors (Lipinski definition) is 7. The quantitative estimate of drug-likeness (QED) is 0.502. The number of nitrogens with one attached hydrogen (secondary N) is 1. The number of thioether (sulfide) groups is 1. The third-order valence-corrected chi connectivity index (χ3v) is 6.68. The molecule has 0 unspecified atom stereocenters. The number of ether oxygens (including phenoxy) is 2. The molecular weight excluding hydrogens is 438 g/mol. The van der Waals surface area contributed by atoms with Crippen LogP contribution < -0.4 is 14.8 Å². The van der Waals surface area contributed by atoms with E-state index in [0.717, 1.165) is 46.4 Å². The number of carbonyl (C=O) groups excluding carboxylic acids is 1. The van der Waals surface area contributed by atoms with Crippen LogP contribution in [0.3, 0.4) is 0 Å². The largest absolute Gasteiger partial charge is 0.486 e. The standard InChI is InChI=1S/C24H27N5O3S/c1-15(2)22(16-5-8-19-20(12-16)32-11-10-31-19)26-21(30)14-33-24-28-27-23(29(24)18-6-7-18)17-4-3-9-25-13-17/h3-5,8-9,12-13,15,18,22H,6-7,10-11,14H2,1-2H3,(H,26,30)/t22-/m0/s1. The second-order valence-electron chi connectivity index (χ2n) is 8.63. The number of rotatable bonds is 8. The molecule has 1 aliphatic carbocycles. The van der Waals surface area contributed by atoms with Crippen LogP contribution in [0.15, 0.2) is 47.9 Å². The zero-order valence-electron chi connectivity index (χ0n) is 18.7. The highest BCUT2D eigenvalue weighted by atomic mass is 32.2. The van der Waals surface area contributed by atoms with Gasteiger partial charge in [0.2, 0.25) is 5.91 Å². The number of fused-ring (bicyclic) bond motifs is 1. The van der Waals surface area contributed by atoms with E-state index >= 15 is 0 Å². The fourth-order valence-electron chi connectivity index (χ4n) is 3.96. The van der Waals surface area contributed by atoms with Gasteiger partial charge < -0.3 is 14.8 Å². The number of carbonyl (C=O) groups is 1. The number of benzene rings is 1. The summed E-state index contributed by atoms with van der Waals surface area (Å²) in [6, 6.07) is 10.0. The summed E-state index contributed by atoms with van der Waals surface area (Å²) in [5.74, 6) is 2.73. The minimum atomic E-state index is -0.124. The maximum atomic E-state index is 12.9.